The summed E-state index contributed by atoms with van der Waals surface area (Å²) in [5.74, 6) is 0.478. The lowest BCUT2D eigenvalue weighted by molar-refractivity contribution is -0.139. The van der Waals surface area contributed by atoms with E-state index >= 15 is 0 Å². The first-order valence-electron chi connectivity index (χ1n) is 16.3. The normalized spacial score (nSPS) is 14.2. The largest absolute Gasteiger partial charge is 0.457 e. The minimum absolute atomic E-state index is 0.0689. The van der Waals surface area contributed by atoms with E-state index in [1.165, 1.54) is 4.90 Å². The maximum Gasteiger partial charge on any atom is 0.264 e. The molecule has 1 N–H and O–H groups in total. The Labute approximate surface area is 278 Å². The Morgan fingerprint density at radius 1 is 0.809 bits per heavy atom. The van der Waals surface area contributed by atoms with E-state index in [0.717, 1.165) is 47.5 Å². The fourth-order valence-corrected chi connectivity index (χ4v) is 7.22. The molecule has 1 atom stereocenters. The summed E-state index contributed by atoms with van der Waals surface area (Å²) < 4.78 is 35.4. The number of anilines is 1. The van der Waals surface area contributed by atoms with Crippen LogP contribution in [-0.4, -0.2) is 50.3 Å². The third kappa shape index (κ3) is 9.01. The maximum atomic E-state index is 14.2. The van der Waals surface area contributed by atoms with Crippen molar-refractivity contribution in [2.45, 2.75) is 69.4 Å². The first-order chi connectivity index (χ1) is 22.7. The van der Waals surface area contributed by atoms with Crippen molar-refractivity contribution in [1.29, 1.82) is 0 Å². The zero-order valence-corrected chi connectivity index (χ0v) is 27.9. The molecule has 9 heteroatoms. The lowest BCUT2D eigenvalue weighted by Crippen LogP contribution is -2.53. The summed E-state index contributed by atoms with van der Waals surface area (Å²) >= 11 is 0. The van der Waals surface area contributed by atoms with Crippen LogP contribution in [0.3, 0.4) is 0 Å². The predicted molar refractivity (Wildman–Crippen MR) is 185 cm³/mol. The van der Waals surface area contributed by atoms with Gasteiger partial charge in [0.1, 0.15) is 24.1 Å². The van der Waals surface area contributed by atoms with Gasteiger partial charge in [-0.1, -0.05) is 85.5 Å². The zero-order valence-electron chi connectivity index (χ0n) is 27.0. The van der Waals surface area contributed by atoms with Crippen molar-refractivity contribution < 1.29 is 22.7 Å². The smallest absolute Gasteiger partial charge is 0.264 e. The highest BCUT2D eigenvalue weighted by molar-refractivity contribution is 7.92. The first kappa shape index (κ1) is 33.7. The van der Waals surface area contributed by atoms with Gasteiger partial charge in [-0.3, -0.25) is 13.9 Å². The van der Waals surface area contributed by atoms with Crippen LogP contribution in [-0.2, 0) is 26.0 Å². The molecule has 1 aliphatic carbocycles. The molecule has 2 amide bonds. The van der Waals surface area contributed by atoms with Crippen LogP contribution in [0.25, 0.3) is 0 Å². The lowest BCUT2D eigenvalue weighted by Gasteiger charge is -2.33. The van der Waals surface area contributed by atoms with Gasteiger partial charge in [0.15, 0.2) is 0 Å². The van der Waals surface area contributed by atoms with Crippen LogP contribution in [0.1, 0.15) is 50.2 Å². The molecule has 0 aliphatic heterocycles. The van der Waals surface area contributed by atoms with Crippen LogP contribution in [0.2, 0.25) is 0 Å². The molecule has 246 valence electrons. The second-order valence-corrected chi connectivity index (χ2v) is 13.9. The van der Waals surface area contributed by atoms with E-state index in [0.29, 0.717) is 23.6 Å². The number of rotatable bonds is 13. The minimum Gasteiger partial charge on any atom is -0.457 e. The average Bonchev–Trinajstić information content (AvgIpc) is 3.09. The van der Waals surface area contributed by atoms with Gasteiger partial charge in [-0.05, 0) is 87.2 Å². The summed E-state index contributed by atoms with van der Waals surface area (Å²) in [5, 5.41) is 3.15. The molecule has 0 heterocycles. The van der Waals surface area contributed by atoms with Crippen molar-refractivity contribution >= 4 is 27.5 Å². The Morgan fingerprint density at radius 2 is 1.40 bits per heavy atom. The summed E-state index contributed by atoms with van der Waals surface area (Å²) in [4.78, 5) is 29.3. The molecule has 1 saturated carbocycles. The molecule has 1 fully saturated rings. The number of nitrogens with zero attached hydrogens (tertiary/aromatic N) is 2. The van der Waals surface area contributed by atoms with Crippen molar-refractivity contribution in [3.63, 3.8) is 0 Å². The van der Waals surface area contributed by atoms with Crippen LogP contribution in [0.4, 0.5) is 5.69 Å². The third-order valence-electron chi connectivity index (χ3n) is 8.59. The van der Waals surface area contributed by atoms with Gasteiger partial charge in [-0.25, -0.2) is 8.42 Å². The van der Waals surface area contributed by atoms with E-state index in [2.05, 4.69) is 5.32 Å². The SMILES string of the molecule is Cc1ccc(S(=O)(=O)N(CC(=O)N(CCc2ccccc2)[C@@H](C)C(=O)NC2CCCCC2)c2ccc(Oc3ccccc3)cc2)cc1. The molecule has 4 aromatic rings. The van der Waals surface area contributed by atoms with E-state index < -0.39 is 28.5 Å². The Balaban J connectivity index is 1.43. The average molecular weight is 654 g/mol. The van der Waals surface area contributed by atoms with Gasteiger partial charge in [0.05, 0.1) is 10.6 Å². The number of benzene rings is 4. The summed E-state index contributed by atoms with van der Waals surface area (Å²) in [6.45, 7) is 3.37. The Hall–Kier alpha value is -4.63. The van der Waals surface area contributed by atoms with E-state index in [9.17, 15) is 18.0 Å². The Morgan fingerprint density at radius 3 is 2.04 bits per heavy atom. The monoisotopic (exact) mass is 653 g/mol. The number of ether oxygens (including phenoxy) is 1. The molecule has 1 aliphatic rings. The van der Waals surface area contributed by atoms with Gasteiger partial charge in [-0.2, -0.15) is 0 Å². The van der Waals surface area contributed by atoms with Crippen LogP contribution >= 0.6 is 0 Å². The molecule has 5 rings (SSSR count). The molecule has 0 saturated heterocycles. The number of amides is 2. The number of nitrogens with one attached hydrogen (secondary N) is 1. The van der Waals surface area contributed by atoms with Gasteiger partial charge in [0, 0.05) is 12.6 Å². The van der Waals surface area contributed by atoms with Crippen molar-refractivity contribution in [1.82, 2.24) is 10.2 Å². The second-order valence-electron chi connectivity index (χ2n) is 12.1. The molecular weight excluding hydrogens is 611 g/mol. The highest BCUT2D eigenvalue weighted by atomic mass is 32.2. The zero-order chi connectivity index (χ0) is 33.2. The van der Waals surface area contributed by atoms with Crippen LogP contribution < -0.4 is 14.4 Å². The quantitative estimate of drug-likeness (QED) is 0.170. The first-order valence-corrected chi connectivity index (χ1v) is 17.7. The maximum absolute atomic E-state index is 14.2. The molecule has 8 nitrogen and oxygen atoms in total. The summed E-state index contributed by atoms with van der Waals surface area (Å²) in [6.07, 6.45) is 5.65. The van der Waals surface area contributed by atoms with Crippen molar-refractivity contribution in [2.75, 3.05) is 17.4 Å². The van der Waals surface area contributed by atoms with Crippen LogP contribution in [0.15, 0.2) is 114 Å². The summed E-state index contributed by atoms with van der Waals surface area (Å²) in [5.41, 5.74) is 2.24. The molecular formula is C38H43N3O5S. The van der Waals surface area contributed by atoms with Crippen molar-refractivity contribution in [3.05, 3.63) is 120 Å². The lowest BCUT2D eigenvalue weighted by atomic mass is 9.95. The van der Waals surface area contributed by atoms with Crippen LogP contribution in [0.5, 0.6) is 11.5 Å². The number of para-hydroxylation sites is 1. The van der Waals surface area contributed by atoms with Gasteiger partial charge in [0.25, 0.3) is 10.0 Å². The van der Waals surface area contributed by atoms with E-state index in [-0.39, 0.29) is 23.4 Å². The molecule has 0 aromatic heterocycles. The fourth-order valence-electron chi connectivity index (χ4n) is 5.81. The van der Waals surface area contributed by atoms with E-state index in [1.54, 1.807) is 55.5 Å². The molecule has 0 bridgehead atoms. The highest BCUT2D eigenvalue weighted by Crippen LogP contribution is 2.29. The van der Waals surface area contributed by atoms with E-state index in [1.807, 2.05) is 67.6 Å². The number of sulfonamides is 1. The van der Waals surface area contributed by atoms with Crippen molar-refractivity contribution in [3.8, 4) is 11.5 Å². The summed E-state index contributed by atoms with van der Waals surface area (Å²) in [7, 11) is -4.16. The number of hydrogen-bond donors (Lipinski definition) is 1. The summed E-state index contributed by atoms with van der Waals surface area (Å²) in [6, 6.07) is 31.5. The van der Waals surface area contributed by atoms with Gasteiger partial charge in [0.2, 0.25) is 11.8 Å². The highest BCUT2D eigenvalue weighted by Gasteiger charge is 2.33. The van der Waals surface area contributed by atoms with Crippen LogP contribution in [0, 0.1) is 6.92 Å². The Bertz CT molecular complexity index is 1710. The number of carbonyl (C=O) groups is 2. The standard InChI is InChI=1S/C38H43N3O5S/c1-29-18-24-36(25-19-29)47(44,45)41(33-20-22-35(23-21-33)46-34-16-10-5-11-17-34)28-37(42)40(27-26-31-12-6-3-7-13-31)30(2)38(43)39-32-14-8-4-9-15-32/h3,5-7,10-13,16-25,30,32H,4,8-9,14-15,26-28H2,1-2H3,(H,39,43)/t30-/m0/s1. The second kappa shape index (κ2) is 15.8. The van der Waals surface area contributed by atoms with E-state index in [4.69, 9.17) is 4.74 Å². The van der Waals surface area contributed by atoms with Crippen molar-refractivity contribution in [2.24, 2.45) is 0 Å². The Kier molecular flexibility index (Phi) is 11.3. The van der Waals surface area contributed by atoms with Gasteiger partial charge >= 0.3 is 0 Å². The number of aryl methyl sites for hydroxylation is 1. The minimum atomic E-state index is -4.16. The molecule has 4 aromatic carbocycles. The molecule has 0 radical (unpaired) electrons. The van der Waals surface area contributed by atoms with Gasteiger partial charge in [-0.15, -0.1) is 0 Å². The predicted octanol–water partition coefficient (Wildman–Crippen LogP) is 6.89. The number of carbonyl (C=O) groups excluding carboxylic acids is 2. The number of hydrogen-bond acceptors (Lipinski definition) is 5. The third-order valence-corrected chi connectivity index (χ3v) is 10.4. The molecule has 0 spiro atoms. The molecule has 47 heavy (non-hydrogen) atoms. The molecule has 0 unspecified atom stereocenters. The topological polar surface area (TPSA) is 96.0 Å². The fraction of sp³-hybridized carbons (Fsp3) is 0.316. The van der Waals surface area contributed by atoms with Gasteiger partial charge < -0.3 is 15.0 Å².